The molecule has 4 rings (SSSR count). The number of ether oxygens (including phenoxy) is 4. The number of carbonyl (C=O) groups excluding carboxylic acids is 1. The molecule has 0 bridgehead atoms. The third kappa shape index (κ3) is 5.71. The Morgan fingerprint density at radius 2 is 1.84 bits per heavy atom. The van der Waals surface area contributed by atoms with Crippen molar-refractivity contribution in [1.82, 2.24) is 0 Å². The highest BCUT2D eigenvalue weighted by Gasteiger charge is 2.31. The van der Waals surface area contributed by atoms with Crippen LogP contribution in [0.25, 0.3) is 6.08 Å². The van der Waals surface area contributed by atoms with E-state index in [0.29, 0.717) is 46.6 Å². The quantitative estimate of drug-likeness (QED) is 0.223. The van der Waals surface area contributed by atoms with Crippen LogP contribution in [-0.2, 0) is 4.79 Å². The van der Waals surface area contributed by atoms with Gasteiger partial charge in [-0.15, -0.1) is 0 Å². The van der Waals surface area contributed by atoms with Crippen LogP contribution < -0.4 is 24.7 Å². The van der Waals surface area contributed by atoms with Gasteiger partial charge in [-0.3, -0.25) is 0 Å². The van der Waals surface area contributed by atoms with Gasteiger partial charge in [0.1, 0.15) is 23.1 Å². The summed E-state index contributed by atoms with van der Waals surface area (Å²) in [6.07, 6.45) is 2.87. The first-order valence-corrected chi connectivity index (χ1v) is 12.1. The molecule has 1 atom stereocenters. The number of carbonyl (C=O) groups is 1. The number of allylic oxidation sites excluding steroid dienone is 1. The van der Waals surface area contributed by atoms with Crippen LogP contribution in [0.5, 0.6) is 23.0 Å². The largest absolute Gasteiger partial charge is 0.490 e. The zero-order chi connectivity index (χ0) is 26.4. The van der Waals surface area contributed by atoms with Crippen molar-refractivity contribution in [2.75, 3.05) is 13.2 Å². The van der Waals surface area contributed by atoms with E-state index in [4.69, 9.17) is 36.3 Å². The Morgan fingerprint density at radius 3 is 2.57 bits per heavy atom. The first-order chi connectivity index (χ1) is 17.9. The minimum Gasteiger partial charge on any atom is -0.490 e. The fourth-order valence-corrected chi connectivity index (χ4v) is 4.21. The molecular formula is C29H25ClN2O5. The van der Waals surface area contributed by atoms with Crippen LogP contribution in [0, 0.1) is 11.3 Å². The van der Waals surface area contributed by atoms with Gasteiger partial charge >= 0.3 is 5.97 Å². The van der Waals surface area contributed by atoms with Gasteiger partial charge < -0.3 is 24.7 Å². The highest BCUT2D eigenvalue weighted by atomic mass is 35.5. The summed E-state index contributed by atoms with van der Waals surface area (Å²) < 4.78 is 22.6. The lowest BCUT2D eigenvalue weighted by Gasteiger charge is -2.27. The second-order valence-electron chi connectivity index (χ2n) is 7.97. The van der Waals surface area contributed by atoms with E-state index in [9.17, 15) is 10.1 Å². The predicted molar refractivity (Wildman–Crippen MR) is 141 cm³/mol. The van der Waals surface area contributed by atoms with E-state index in [1.807, 2.05) is 38.1 Å². The molecule has 0 radical (unpaired) electrons. The molecule has 7 nitrogen and oxygen atoms in total. The van der Waals surface area contributed by atoms with E-state index in [0.717, 1.165) is 5.56 Å². The number of nitrogens with zero attached hydrogens (tertiary/aromatic N) is 1. The third-order valence-electron chi connectivity index (χ3n) is 5.61. The van der Waals surface area contributed by atoms with Gasteiger partial charge in [-0.25, -0.2) is 4.79 Å². The normalized spacial score (nSPS) is 14.5. The summed E-state index contributed by atoms with van der Waals surface area (Å²) >= 11 is 6.13. The fourth-order valence-electron chi connectivity index (χ4n) is 4.01. The minimum absolute atomic E-state index is 0.0195. The monoisotopic (exact) mass is 516 g/mol. The first-order valence-electron chi connectivity index (χ1n) is 11.7. The molecule has 0 amide bonds. The second kappa shape index (κ2) is 11.5. The van der Waals surface area contributed by atoms with Crippen LogP contribution in [0.4, 0.5) is 0 Å². The maximum Gasteiger partial charge on any atom is 0.336 e. The Balaban J connectivity index is 1.64. The molecule has 2 N–H and O–H groups in total. The Bertz CT molecular complexity index is 1420. The molecule has 1 unspecified atom stereocenters. The van der Waals surface area contributed by atoms with Crippen molar-refractivity contribution in [3.63, 3.8) is 0 Å². The average Bonchev–Trinajstić information content (AvgIpc) is 2.88. The zero-order valence-electron chi connectivity index (χ0n) is 20.4. The Kier molecular flexibility index (Phi) is 8.02. The topological polar surface area (TPSA) is 104 Å². The van der Waals surface area contributed by atoms with Gasteiger partial charge in [-0.1, -0.05) is 41.9 Å². The highest BCUT2D eigenvalue weighted by Crippen LogP contribution is 2.45. The van der Waals surface area contributed by atoms with Crippen LogP contribution in [0.15, 0.2) is 78.2 Å². The molecule has 0 spiro atoms. The lowest BCUT2D eigenvalue weighted by Crippen LogP contribution is -2.21. The Hall–Kier alpha value is -4.41. The number of nitriles is 1. The van der Waals surface area contributed by atoms with Crippen LogP contribution in [0.1, 0.15) is 36.5 Å². The number of hydrogen-bond acceptors (Lipinski definition) is 7. The van der Waals surface area contributed by atoms with Gasteiger partial charge in [-0.2, -0.15) is 5.26 Å². The summed E-state index contributed by atoms with van der Waals surface area (Å²) in [5.41, 5.74) is 8.58. The van der Waals surface area contributed by atoms with E-state index < -0.39 is 11.9 Å². The molecule has 0 aliphatic carbocycles. The molecule has 188 valence electrons. The smallest absolute Gasteiger partial charge is 0.336 e. The maximum atomic E-state index is 12.4. The van der Waals surface area contributed by atoms with Crippen LogP contribution in [-0.4, -0.2) is 19.2 Å². The van der Waals surface area contributed by atoms with E-state index >= 15 is 0 Å². The number of nitrogens with two attached hydrogens (primary N) is 1. The van der Waals surface area contributed by atoms with Crippen LogP contribution in [0.2, 0.25) is 5.02 Å². The number of fused-ring (bicyclic) bond motifs is 1. The van der Waals surface area contributed by atoms with Crippen molar-refractivity contribution in [1.29, 1.82) is 5.26 Å². The lowest BCUT2D eigenvalue weighted by molar-refractivity contribution is -0.128. The van der Waals surface area contributed by atoms with Crippen LogP contribution >= 0.6 is 11.6 Å². The molecule has 8 heteroatoms. The average molecular weight is 517 g/mol. The molecular weight excluding hydrogens is 492 g/mol. The summed E-state index contributed by atoms with van der Waals surface area (Å²) in [6, 6.07) is 19.8. The van der Waals surface area contributed by atoms with Gasteiger partial charge in [0.05, 0.1) is 19.1 Å². The predicted octanol–water partition coefficient (Wildman–Crippen LogP) is 5.97. The van der Waals surface area contributed by atoms with E-state index in [1.54, 1.807) is 42.5 Å². The number of esters is 1. The number of benzene rings is 3. The summed E-state index contributed by atoms with van der Waals surface area (Å²) in [7, 11) is 0. The standard InChI is InChI=1S/C29H25ClN2O5/c1-3-34-24-13-9-19(15-26(24)35-4-2)28-21-12-11-20(16-25(21)37-29(32)22(28)17-31)36-27(33)14-10-18-7-5-6-8-23(18)30/h5-16,28H,3-4,32H2,1-2H3/b14-10+. The van der Waals surface area contributed by atoms with Crippen LogP contribution in [0.3, 0.4) is 0 Å². The van der Waals surface area contributed by atoms with E-state index in [-0.39, 0.29) is 17.2 Å². The van der Waals surface area contributed by atoms with Crippen molar-refractivity contribution in [3.05, 3.63) is 99.9 Å². The fraction of sp³-hybridized carbons (Fsp3) is 0.172. The number of hydrogen-bond donors (Lipinski definition) is 1. The number of rotatable bonds is 8. The maximum absolute atomic E-state index is 12.4. The van der Waals surface area contributed by atoms with Crippen molar-refractivity contribution in [2.24, 2.45) is 5.73 Å². The van der Waals surface area contributed by atoms with Gasteiger partial charge in [0.15, 0.2) is 11.5 Å². The molecule has 3 aromatic rings. The molecule has 0 aromatic heterocycles. The summed E-state index contributed by atoms with van der Waals surface area (Å²) in [6.45, 7) is 4.73. The summed E-state index contributed by atoms with van der Waals surface area (Å²) in [5.74, 6) is 0.725. The van der Waals surface area contributed by atoms with Crippen molar-refractivity contribution >= 4 is 23.6 Å². The van der Waals surface area contributed by atoms with Gasteiger partial charge in [-0.05, 0) is 55.3 Å². The van der Waals surface area contributed by atoms with E-state index in [2.05, 4.69) is 6.07 Å². The summed E-state index contributed by atoms with van der Waals surface area (Å²) in [4.78, 5) is 12.4. The molecule has 1 heterocycles. The van der Waals surface area contributed by atoms with Crippen molar-refractivity contribution < 1.29 is 23.7 Å². The van der Waals surface area contributed by atoms with Crippen molar-refractivity contribution in [3.8, 4) is 29.1 Å². The van der Waals surface area contributed by atoms with Gasteiger partial charge in [0.2, 0.25) is 5.88 Å². The zero-order valence-corrected chi connectivity index (χ0v) is 21.1. The highest BCUT2D eigenvalue weighted by molar-refractivity contribution is 6.32. The SMILES string of the molecule is CCOc1ccc(C2C(C#N)=C(N)Oc3cc(OC(=O)/C=C/c4ccccc4Cl)ccc32)cc1OCC. The third-order valence-corrected chi connectivity index (χ3v) is 5.96. The minimum atomic E-state index is -0.582. The van der Waals surface area contributed by atoms with Gasteiger partial charge in [0.25, 0.3) is 0 Å². The molecule has 37 heavy (non-hydrogen) atoms. The molecule has 3 aromatic carbocycles. The lowest BCUT2D eigenvalue weighted by atomic mass is 9.83. The van der Waals surface area contributed by atoms with Crippen molar-refractivity contribution in [2.45, 2.75) is 19.8 Å². The molecule has 0 saturated carbocycles. The Labute approximate surface area is 220 Å². The molecule has 0 fully saturated rings. The second-order valence-corrected chi connectivity index (χ2v) is 8.38. The molecule has 1 aliphatic heterocycles. The van der Waals surface area contributed by atoms with Gasteiger partial charge in [0, 0.05) is 22.7 Å². The Morgan fingerprint density at radius 1 is 1.08 bits per heavy atom. The number of halogens is 1. The van der Waals surface area contributed by atoms with E-state index in [1.165, 1.54) is 6.08 Å². The summed E-state index contributed by atoms with van der Waals surface area (Å²) in [5, 5.41) is 10.4. The molecule has 0 saturated heterocycles. The molecule has 1 aliphatic rings. The first kappa shape index (κ1) is 25.7.